The lowest BCUT2D eigenvalue weighted by Crippen LogP contribution is -2.13. The Morgan fingerprint density at radius 1 is 1.22 bits per heavy atom. The van der Waals surface area contributed by atoms with Crippen LogP contribution < -0.4 is 14.8 Å². The molecule has 0 unspecified atom stereocenters. The predicted octanol–water partition coefficient (Wildman–Crippen LogP) is 6.84. The van der Waals surface area contributed by atoms with Gasteiger partial charge in [0.05, 0.1) is 16.0 Å². The molecule has 0 aliphatic heterocycles. The molecule has 36 heavy (non-hydrogen) atoms. The number of aryl methyl sites for hydroxylation is 1. The number of hydrogen-bond acceptors (Lipinski definition) is 6. The number of halogens is 2. The van der Waals surface area contributed by atoms with Gasteiger partial charge in [-0.2, -0.15) is 5.26 Å². The molecule has 10 heteroatoms. The van der Waals surface area contributed by atoms with Crippen molar-refractivity contribution in [1.29, 1.82) is 5.26 Å². The molecule has 184 valence electrons. The Hall–Kier alpha value is -3.87. The fourth-order valence-electron chi connectivity index (χ4n) is 3.28. The molecule has 3 aromatic rings. The second-order valence-corrected chi connectivity index (χ2v) is 8.85. The van der Waals surface area contributed by atoms with Gasteiger partial charge in [0.25, 0.3) is 11.6 Å². The number of nitrogens with zero attached hydrogens (tertiary/aromatic N) is 2. The van der Waals surface area contributed by atoms with Crippen LogP contribution in [0.1, 0.15) is 23.6 Å². The Labute approximate surface area is 221 Å². The minimum atomic E-state index is -0.733. The molecule has 0 aliphatic carbocycles. The summed E-state index contributed by atoms with van der Waals surface area (Å²) in [5.41, 5.74) is 2.20. The first kappa shape index (κ1) is 26.7. The van der Waals surface area contributed by atoms with Gasteiger partial charge in [0.15, 0.2) is 11.5 Å². The molecule has 0 aliphatic rings. The van der Waals surface area contributed by atoms with Crippen molar-refractivity contribution in [2.45, 2.75) is 20.5 Å². The summed E-state index contributed by atoms with van der Waals surface area (Å²) >= 11 is 9.31. The van der Waals surface area contributed by atoms with Gasteiger partial charge in [-0.25, -0.2) is 0 Å². The number of carbonyl (C=O) groups is 1. The standard InChI is InChI=1S/C26H21BrClN3O5/c1-3-35-24-12-18(11-21(27)25(24)36-15-17-6-4-5-16(2)9-17)10-19(14-29)26(32)30-20-7-8-22(28)23(13-20)31(33)34/h4-13H,3,15H2,1-2H3,(H,30,32)/b19-10+. The van der Waals surface area contributed by atoms with E-state index in [2.05, 4.69) is 21.2 Å². The van der Waals surface area contributed by atoms with Gasteiger partial charge in [-0.05, 0) is 71.2 Å². The lowest BCUT2D eigenvalue weighted by Gasteiger charge is -2.15. The fraction of sp³-hybridized carbons (Fsp3) is 0.154. The summed E-state index contributed by atoms with van der Waals surface area (Å²) in [6.45, 7) is 4.54. The molecule has 0 saturated carbocycles. The maximum atomic E-state index is 12.7. The SMILES string of the molecule is CCOc1cc(/C=C(\C#N)C(=O)Nc2ccc(Cl)c([N+](=O)[O-])c2)cc(Br)c1OCc1cccc(C)c1. The first-order chi connectivity index (χ1) is 17.2. The van der Waals surface area contributed by atoms with Crippen molar-refractivity contribution < 1.29 is 19.2 Å². The number of nitriles is 1. The van der Waals surface area contributed by atoms with E-state index in [1.807, 2.05) is 44.2 Å². The molecule has 8 nitrogen and oxygen atoms in total. The summed E-state index contributed by atoms with van der Waals surface area (Å²) in [4.78, 5) is 23.1. The van der Waals surface area contributed by atoms with Gasteiger partial charge >= 0.3 is 0 Å². The van der Waals surface area contributed by atoms with Gasteiger partial charge in [-0.1, -0.05) is 41.4 Å². The zero-order valence-corrected chi connectivity index (χ0v) is 21.7. The number of nitro groups is 1. The Balaban J connectivity index is 1.86. The van der Waals surface area contributed by atoms with Gasteiger partial charge < -0.3 is 14.8 Å². The van der Waals surface area contributed by atoms with E-state index in [4.69, 9.17) is 21.1 Å². The van der Waals surface area contributed by atoms with Crippen molar-refractivity contribution in [3.63, 3.8) is 0 Å². The average molecular weight is 571 g/mol. The number of anilines is 1. The van der Waals surface area contributed by atoms with Crippen LogP contribution >= 0.6 is 27.5 Å². The van der Waals surface area contributed by atoms with Crippen LogP contribution in [0.4, 0.5) is 11.4 Å². The van der Waals surface area contributed by atoms with Crippen molar-refractivity contribution in [2.75, 3.05) is 11.9 Å². The van der Waals surface area contributed by atoms with Crippen LogP contribution in [-0.2, 0) is 11.4 Å². The van der Waals surface area contributed by atoms with Crippen molar-refractivity contribution in [2.24, 2.45) is 0 Å². The van der Waals surface area contributed by atoms with E-state index in [-0.39, 0.29) is 22.0 Å². The quantitative estimate of drug-likeness (QED) is 0.130. The van der Waals surface area contributed by atoms with Crippen molar-refractivity contribution in [3.8, 4) is 17.6 Å². The lowest BCUT2D eigenvalue weighted by atomic mass is 10.1. The molecule has 0 saturated heterocycles. The number of carbonyl (C=O) groups excluding carboxylic acids is 1. The number of amides is 1. The summed E-state index contributed by atoms with van der Waals surface area (Å²) in [5.74, 6) is 0.201. The Morgan fingerprint density at radius 2 is 2.00 bits per heavy atom. The van der Waals surface area contributed by atoms with Gasteiger partial charge in [-0.15, -0.1) is 0 Å². The molecule has 0 aromatic heterocycles. The Kier molecular flexibility index (Phi) is 9.06. The van der Waals surface area contributed by atoms with Crippen LogP contribution in [0.25, 0.3) is 6.08 Å². The highest BCUT2D eigenvalue weighted by molar-refractivity contribution is 9.10. The monoisotopic (exact) mass is 569 g/mol. The second kappa shape index (κ2) is 12.2. The van der Waals surface area contributed by atoms with Crippen LogP contribution in [0.5, 0.6) is 11.5 Å². The molecule has 3 aromatic carbocycles. The second-order valence-electron chi connectivity index (χ2n) is 7.59. The molecular weight excluding hydrogens is 550 g/mol. The van der Waals surface area contributed by atoms with E-state index in [1.165, 1.54) is 18.2 Å². The van der Waals surface area contributed by atoms with Gasteiger partial charge in [-0.3, -0.25) is 14.9 Å². The zero-order chi connectivity index (χ0) is 26.2. The Morgan fingerprint density at radius 3 is 2.67 bits per heavy atom. The maximum absolute atomic E-state index is 12.7. The van der Waals surface area contributed by atoms with E-state index in [0.29, 0.717) is 34.7 Å². The smallest absolute Gasteiger partial charge is 0.289 e. The van der Waals surface area contributed by atoms with E-state index in [9.17, 15) is 20.2 Å². The van der Waals surface area contributed by atoms with Crippen molar-refractivity contribution in [1.82, 2.24) is 0 Å². The highest BCUT2D eigenvalue weighted by Crippen LogP contribution is 2.38. The molecule has 1 amide bonds. The fourth-order valence-corrected chi connectivity index (χ4v) is 4.04. The third kappa shape index (κ3) is 6.84. The zero-order valence-electron chi connectivity index (χ0n) is 19.4. The highest BCUT2D eigenvalue weighted by Gasteiger charge is 2.17. The van der Waals surface area contributed by atoms with Gasteiger partial charge in [0.2, 0.25) is 0 Å². The largest absolute Gasteiger partial charge is 0.490 e. The molecule has 0 spiro atoms. The van der Waals surface area contributed by atoms with Crippen LogP contribution in [0.2, 0.25) is 5.02 Å². The topological polar surface area (TPSA) is 114 Å². The number of rotatable bonds is 9. The molecule has 0 bridgehead atoms. The first-order valence-electron chi connectivity index (χ1n) is 10.7. The molecule has 0 fully saturated rings. The van der Waals surface area contributed by atoms with E-state index in [1.54, 1.807) is 12.1 Å². The first-order valence-corrected chi connectivity index (χ1v) is 11.9. The summed E-state index contributed by atoms with van der Waals surface area (Å²) in [5, 5.41) is 23.1. The van der Waals surface area contributed by atoms with Crippen LogP contribution in [-0.4, -0.2) is 17.4 Å². The maximum Gasteiger partial charge on any atom is 0.289 e. The molecular formula is C26H21BrClN3O5. The third-order valence-electron chi connectivity index (χ3n) is 4.87. The number of ether oxygens (including phenoxy) is 2. The third-order valence-corrected chi connectivity index (χ3v) is 5.78. The summed E-state index contributed by atoms with van der Waals surface area (Å²) < 4.78 is 12.3. The molecule has 1 N–H and O–H groups in total. The summed E-state index contributed by atoms with van der Waals surface area (Å²) in [6.07, 6.45) is 1.39. The average Bonchev–Trinajstić information content (AvgIpc) is 2.83. The minimum Gasteiger partial charge on any atom is -0.490 e. The number of hydrogen-bond donors (Lipinski definition) is 1. The number of nitrogens with one attached hydrogen (secondary N) is 1. The van der Waals surface area contributed by atoms with Crippen LogP contribution in [0.15, 0.2) is 64.6 Å². The molecule has 0 atom stereocenters. The van der Waals surface area contributed by atoms with Crippen LogP contribution in [0, 0.1) is 28.4 Å². The van der Waals surface area contributed by atoms with Gasteiger partial charge in [0.1, 0.15) is 23.3 Å². The molecule has 3 rings (SSSR count). The summed E-state index contributed by atoms with van der Waals surface area (Å²) in [7, 11) is 0. The van der Waals surface area contributed by atoms with E-state index in [0.717, 1.165) is 17.2 Å². The minimum absolute atomic E-state index is 0.0629. The molecule has 0 radical (unpaired) electrons. The van der Waals surface area contributed by atoms with E-state index < -0.39 is 10.8 Å². The van der Waals surface area contributed by atoms with Crippen LogP contribution in [0.3, 0.4) is 0 Å². The predicted molar refractivity (Wildman–Crippen MR) is 141 cm³/mol. The number of benzene rings is 3. The van der Waals surface area contributed by atoms with Gasteiger partial charge in [0, 0.05) is 11.8 Å². The Bertz CT molecular complexity index is 1380. The lowest BCUT2D eigenvalue weighted by molar-refractivity contribution is -0.384. The number of nitro benzene ring substituents is 1. The van der Waals surface area contributed by atoms with E-state index >= 15 is 0 Å². The highest BCUT2D eigenvalue weighted by atomic mass is 79.9. The van der Waals surface area contributed by atoms with Crippen molar-refractivity contribution in [3.05, 3.63) is 96.5 Å². The van der Waals surface area contributed by atoms with Crippen molar-refractivity contribution >= 4 is 50.9 Å². The summed E-state index contributed by atoms with van der Waals surface area (Å²) in [6, 6.07) is 17.0. The normalized spacial score (nSPS) is 10.9. The molecule has 0 heterocycles.